The highest BCUT2D eigenvalue weighted by molar-refractivity contribution is 6.18. The molecule has 0 aliphatic rings. The largest absolute Gasteiger partial charge is 0.464 e. The van der Waals surface area contributed by atoms with E-state index in [1.165, 1.54) is 0 Å². The van der Waals surface area contributed by atoms with Gasteiger partial charge >= 0.3 is 5.97 Å². The number of anilines is 1. The Labute approximate surface area is 161 Å². The molecule has 1 rings (SSSR count). The first-order chi connectivity index (χ1) is 12.0. The number of aliphatic imine (C=N–C) groups is 1. The van der Waals surface area contributed by atoms with E-state index >= 15 is 0 Å². The number of carbonyl (C=O) groups excluding carboxylic acids is 1. The summed E-state index contributed by atoms with van der Waals surface area (Å²) in [4.78, 5) is 18.6. The highest BCUT2D eigenvalue weighted by atomic mass is 35.5. The molecule has 1 atom stereocenters. The van der Waals surface area contributed by atoms with E-state index in [1.807, 2.05) is 24.3 Å². The molecule has 6 heteroatoms. The Morgan fingerprint density at radius 1 is 1.20 bits per heavy atom. The first-order valence-corrected chi connectivity index (χ1v) is 9.75. The Balaban J connectivity index is 2.82. The monoisotopic (exact) mass is 386 g/mol. The molecule has 1 aromatic carbocycles. The zero-order chi connectivity index (χ0) is 18.7. The van der Waals surface area contributed by atoms with Crippen LogP contribution in [0, 0.1) is 5.92 Å². The van der Waals surface area contributed by atoms with Crippen LogP contribution in [-0.2, 0) is 9.53 Å². The molecule has 0 heterocycles. The van der Waals surface area contributed by atoms with Gasteiger partial charge < -0.3 is 9.64 Å². The van der Waals surface area contributed by atoms with Crippen molar-refractivity contribution in [3.8, 4) is 0 Å². The van der Waals surface area contributed by atoms with Crippen LogP contribution in [0.15, 0.2) is 29.3 Å². The average Bonchev–Trinajstić information content (AvgIpc) is 2.59. The maximum absolute atomic E-state index is 12.0. The number of hydrogen-bond acceptors (Lipinski definition) is 4. The van der Waals surface area contributed by atoms with Gasteiger partial charge in [-0.25, -0.2) is 4.79 Å². The van der Waals surface area contributed by atoms with Crippen LogP contribution < -0.4 is 4.90 Å². The second-order valence-electron chi connectivity index (χ2n) is 6.13. The molecular formula is C19H28Cl2N2O2. The Bertz CT molecular complexity index is 527. The lowest BCUT2D eigenvalue weighted by atomic mass is 10.0. The molecule has 0 saturated carbocycles. The van der Waals surface area contributed by atoms with Crippen LogP contribution in [0.2, 0.25) is 0 Å². The summed E-state index contributed by atoms with van der Waals surface area (Å²) >= 11 is 11.7. The summed E-state index contributed by atoms with van der Waals surface area (Å²) < 4.78 is 5.11. The van der Waals surface area contributed by atoms with Gasteiger partial charge in [0, 0.05) is 36.8 Å². The van der Waals surface area contributed by atoms with Gasteiger partial charge in [-0.2, -0.15) is 0 Å². The Morgan fingerprint density at radius 2 is 1.80 bits per heavy atom. The molecule has 0 aliphatic carbocycles. The van der Waals surface area contributed by atoms with Crippen LogP contribution in [0.1, 0.15) is 32.8 Å². The molecule has 0 fully saturated rings. The smallest absolute Gasteiger partial charge is 0.330 e. The maximum Gasteiger partial charge on any atom is 0.330 e. The van der Waals surface area contributed by atoms with Crippen LogP contribution in [0.5, 0.6) is 0 Å². The standard InChI is InChI=1S/C19H28Cl2N2O2/c1-4-25-19(24)18(13-15(2)3)22-14-16-5-7-17(8-6-16)23(11-9-20)12-10-21/h5-8,14-15,18H,4,9-13H2,1-3H3/t18-/m0/s1. The molecule has 0 spiro atoms. The first-order valence-electron chi connectivity index (χ1n) is 8.68. The number of carbonyl (C=O) groups is 1. The predicted molar refractivity (Wildman–Crippen MR) is 108 cm³/mol. The number of alkyl halides is 2. The van der Waals surface area contributed by atoms with Gasteiger partial charge in [0.25, 0.3) is 0 Å². The lowest BCUT2D eigenvalue weighted by molar-refractivity contribution is -0.144. The van der Waals surface area contributed by atoms with Crippen molar-refractivity contribution in [1.82, 2.24) is 0 Å². The number of ether oxygens (including phenoxy) is 1. The van der Waals surface area contributed by atoms with Crippen LogP contribution in [-0.4, -0.2) is 49.7 Å². The Morgan fingerprint density at radius 3 is 2.28 bits per heavy atom. The number of nitrogens with zero attached hydrogens (tertiary/aromatic N) is 2. The second kappa shape index (κ2) is 12.2. The van der Waals surface area contributed by atoms with Crippen molar-refractivity contribution in [3.05, 3.63) is 29.8 Å². The van der Waals surface area contributed by atoms with E-state index in [2.05, 4.69) is 23.7 Å². The van der Waals surface area contributed by atoms with E-state index in [4.69, 9.17) is 27.9 Å². The zero-order valence-electron chi connectivity index (χ0n) is 15.3. The number of rotatable bonds is 11. The fourth-order valence-electron chi connectivity index (χ4n) is 2.42. The Kier molecular flexibility index (Phi) is 10.6. The van der Waals surface area contributed by atoms with Crippen molar-refractivity contribution in [1.29, 1.82) is 0 Å². The van der Waals surface area contributed by atoms with Crippen molar-refractivity contribution in [3.63, 3.8) is 0 Å². The summed E-state index contributed by atoms with van der Waals surface area (Å²) in [7, 11) is 0. The number of benzene rings is 1. The van der Waals surface area contributed by atoms with Crippen molar-refractivity contribution < 1.29 is 9.53 Å². The summed E-state index contributed by atoms with van der Waals surface area (Å²) in [6.07, 6.45) is 2.41. The topological polar surface area (TPSA) is 41.9 Å². The third kappa shape index (κ3) is 8.10. The van der Waals surface area contributed by atoms with E-state index in [9.17, 15) is 4.79 Å². The van der Waals surface area contributed by atoms with Crippen molar-refractivity contribution in [2.24, 2.45) is 10.9 Å². The van der Waals surface area contributed by atoms with Gasteiger partial charge in [0.15, 0.2) is 0 Å². The molecule has 4 nitrogen and oxygen atoms in total. The molecule has 0 unspecified atom stereocenters. The molecule has 0 amide bonds. The third-order valence-corrected chi connectivity index (χ3v) is 3.96. The lowest BCUT2D eigenvalue weighted by Crippen LogP contribution is -2.27. The quantitative estimate of drug-likeness (QED) is 0.322. The summed E-state index contributed by atoms with van der Waals surface area (Å²) in [5.41, 5.74) is 2.01. The fourth-order valence-corrected chi connectivity index (χ4v) is 2.83. The summed E-state index contributed by atoms with van der Waals surface area (Å²) in [6, 6.07) is 7.53. The summed E-state index contributed by atoms with van der Waals surface area (Å²) in [5, 5.41) is 0. The summed E-state index contributed by atoms with van der Waals surface area (Å²) in [5.74, 6) is 1.21. The van der Waals surface area contributed by atoms with E-state index in [0.29, 0.717) is 30.7 Å². The summed E-state index contributed by atoms with van der Waals surface area (Å²) in [6.45, 7) is 7.81. The van der Waals surface area contributed by atoms with Crippen molar-refractivity contribution in [2.75, 3.05) is 36.4 Å². The van der Waals surface area contributed by atoms with Crippen molar-refractivity contribution >= 4 is 41.1 Å². The second-order valence-corrected chi connectivity index (χ2v) is 6.89. The average molecular weight is 387 g/mol. The fraction of sp³-hybridized carbons (Fsp3) is 0.579. The van der Waals surface area contributed by atoms with Crippen LogP contribution >= 0.6 is 23.2 Å². The molecular weight excluding hydrogens is 359 g/mol. The van der Waals surface area contributed by atoms with Crippen LogP contribution in [0.3, 0.4) is 0 Å². The zero-order valence-corrected chi connectivity index (χ0v) is 16.8. The highest BCUT2D eigenvalue weighted by Gasteiger charge is 2.19. The lowest BCUT2D eigenvalue weighted by Gasteiger charge is -2.22. The molecule has 0 radical (unpaired) electrons. The molecule has 0 bridgehead atoms. The highest BCUT2D eigenvalue weighted by Crippen LogP contribution is 2.16. The molecule has 0 N–H and O–H groups in total. The van der Waals surface area contributed by atoms with Gasteiger partial charge in [-0.3, -0.25) is 4.99 Å². The van der Waals surface area contributed by atoms with Crippen molar-refractivity contribution in [2.45, 2.75) is 33.2 Å². The third-order valence-electron chi connectivity index (χ3n) is 3.62. The minimum atomic E-state index is -0.455. The van der Waals surface area contributed by atoms with E-state index in [1.54, 1.807) is 13.1 Å². The molecule has 25 heavy (non-hydrogen) atoms. The number of hydrogen-bond donors (Lipinski definition) is 0. The molecule has 0 aliphatic heterocycles. The van der Waals surface area contributed by atoms with E-state index in [-0.39, 0.29) is 5.97 Å². The van der Waals surface area contributed by atoms with E-state index < -0.39 is 6.04 Å². The molecule has 0 saturated heterocycles. The normalized spacial score (nSPS) is 12.6. The van der Waals surface area contributed by atoms with Crippen LogP contribution in [0.25, 0.3) is 0 Å². The molecule has 1 aromatic rings. The Hall–Kier alpha value is -1.26. The molecule has 140 valence electrons. The number of esters is 1. The van der Waals surface area contributed by atoms with Gasteiger partial charge in [0.2, 0.25) is 0 Å². The van der Waals surface area contributed by atoms with Gasteiger partial charge in [0.1, 0.15) is 6.04 Å². The minimum Gasteiger partial charge on any atom is -0.464 e. The molecule has 0 aromatic heterocycles. The van der Waals surface area contributed by atoms with Gasteiger partial charge in [-0.1, -0.05) is 26.0 Å². The van der Waals surface area contributed by atoms with Gasteiger partial charge in [-0.15, -0.1) is 23.2 Å². The first kappa shape index (κ1) is 21.8. The predicted octanol–water partition coefficient (Wildman–Crippen LogP) is 4.37. The maximum atomic E-state index is 12.0. The number of halogens is 2. The van der Waals surface area contributed by atoms with Gasteiger partial charge in [0.05, 0.1) is 6.61 Å². The minimum absolute atomic E-state index is 0.264. The van der Waals surface area contributed by atoms with Gasteiger partial charge in [-0.05, 0) is 37.0 Å². The SMILES string of the molecule is CCOC(=O)[C@H](CC(C)C)N=Cc1ccc(N(CCCl)CCCl)cc1. The van der Waals surface area contributed by atoms with E-state index in [0.717, 1.165) is 24.3 Å². The van der Waals surface area contributed by atoms with Crippen LogP contribution in [0.4, 0.5) is 5.69 Å².